The first-order valence-electron chi connectivity index (χ1n) is 4.39. The van der Waals surface area contributed by atoms with E-state index in [0.717, 1.165) is 24.5 Å². The van der Waals surface area contributed by atoms with Gasteiger partial charge in [-0.15, -0.1) is 0 Å². The first-order chi connectivity index (χ1) is 6.36. The van der Waals surface area contributed by atoms with Crippen LogP contribution in [0.3, 0.4) is 0 Å². The van der Waals surface area contributed by atoms with Crippen molar-refractivity contribution >= 4 is 23.1 Å². The molecule has 1 aliphatic rings. The van der Waals surface area contributed by atoms with Gasteiger partial charge in [0.05, 0.1) is 17.6 Å². The number of nitrogens with zero attached hydrogens (tertiary/aromatic N) is 2. The predicted octanol–water partition coefficient (Wildman–Crippen LogP) is 1.22. The minimum Gasteiger partial charge on any atom is -0.397 e. The topological polar surface area (TPSA) is 42.1 Å². The Bertz CT molecular complexity index is 284. The molecule has 0 radical (unpaired) electrons. The van der Waals surface area contributed by atoms with Crippen LogP contribution in [0.2, 0.25) is 0 Å². The molecule has 2 heterocycles. The van der Waals surface area contributed by atoms with E-state index < -0.39 is 0 Å². The maximum absolute atomic E-state index is 5.67. The molecule has 1 aliphatic heterocycles. The molecule has 0 spiro atoms. The van der Waals surface area contributed by atoms with Gasteiger partial charge in [0.25, 0.3) is 0 Å². The second-order valence-corrected chi connectivity index (χ2v) is 4.30. The van der Waals surface area contributed by atoms with Crippen molar-refractivity contribution in [2.24, 2.45) is 0 Å². The summed E-state index contributed by atoms with van der Waals surface area (Å²) in [5.41, 5.74) is 7.57. The Balaban J connectivity index is 2.14. The van der Waals surface area contributed by atoms with Crippen molar-refractivity contribution in [3.8, 4) is 0 Å². The Morgan fingerprint density at radius 3 is 2.77 bits per heavy atom. The van der Waals surface area contributed by atoms with Crippen molar-refractivity contribution < 1.29 is 0 Å². The fourth-order valence-corrected chi connectivity index (χ4v) is 2.34. The SMILES string of the molecule is Nc1cncc(N2CCSCC2)c1. The molecule has 1 saturated heterocycles. The molecule has 1 aromatic heterocycles. The van der Waals surface area contributed by atoms with Gasteiger partial charge in [-0.1, -0.05) is 0 Å². The molecule has 0 atom stereocenters. The van der Waals surface area contributed by atoms with Crippen LogP contribution in [0.5, 0.6) is 0 Å². The van der Waals surface area contributed by atoms with Crippen LogP contribution in [-0.2, 0) is 0 Å². The van der Waals surface area contributed by atoms with Gasteiger partial charge in [-0.05, 0) is 6.07 Å². The van der Waals surface area contributed by atoms with Crippen LogP contribution in [0.25, 0.3) is 0 Å². The van der Waals surface area contributed by atoms with Crippen molar-refractivity contribution in [2.45, 2.75) is 0 Å². The minimum atomic E-state index is 0.746. The molecule has 0 saturated carbocycles. The molecule has 2 N–H and O–H groups in total. The first-order valence-corrected chi connectivity index (χ1v) is 5.55. The van der Waals surface area contributed by atoms with Crippen molar-refractivity contribution in [1.82, 2.24) is 4.98 Å². The number of nitrogens with two attached hydrogens (primary N) is 1. The van der Waals surface area contributed by atoms with Crippen LogP contribution in [0.4, 0.5) is 11.4 Å². The van der Waals surface area contributed by atoms with Gasteiger partial charge < -0.3 is 10.6 Å². The quantitative estimate of drug-likeness (QED) is 0.731. The van der Waals surface area contributed by atoms with E-state index in [0.29, 0.717) is 0 Å². The number of thioether (sulfide) groups is 1. The minimum absolute atomic E-state index is 0.746. The van der Waals surface area contributed by atoms with Gasteiger partial charge in [0, 0.05) is 30.8 Å². The van der Waals surface area contributed by atoms with Crippen molar-refractivity contribution in [3.63, 3.8) is 0 Å². The lowest BCUT2D eigenvalue weighted by Crippen LogP contribution is -2.32. The maximum Gasteiger partial charge on any atom is 0.0573 e. The zero-order valence-corrected chi connectivity index (χ0v) is 8.26. The molecule has 0 aliphatic carbocycles. The summed E-state index contributed by atoms with van der Waals surface area (Å²) in [4.78, 5) is 6.42. The highest BCUT2D eigenvalue weighted by molar-refractivity contribution is 7.99. The van der Waals surface area contributed by atoms with Crippen LogP contribution >= 0.6 is 11.8 Å². The summed E-state index contributed by atoms with van der Waals surface area (Å²) in [6.45, 7) is 2.21. The van der Waals surface area contributed by atoms with E-state index in [2.05, 4.69) is 9.88 Å². The molecule has 3 nitrogen and oxygen atoms in total. The lowest BCUT2D eigenvalue weighted by atomic mass is 10.3. The fourth-order valence-electron chi connectivity index (χ4n) is 1.44. The Labute approximate surface area is 82.3 Å². The third-order valence-corrected chi connectivity index (χ3v) is 3.06. The average molecular weight is 195 g/mol. The van der Waals surface area contributed by atoms with E-state index in [1.54, 1.807) is 6.20 Å². The third-order valence-electron chi connectivity index (χ3n) is 2.12. The van der Waals surface area contributed by atoms with E-state index in [9.17, 15) is 0 Å². The van der Waals surface area contributed by atoms with Crippen LogP contribution < -0.4 is 10.6 Å². The third kappa shape index (κ3) is 2.06. The van der Waals surface area contributed by atoms with Crippen LogP contribution in [-0.4, -0.2) is 29.6 Å². The number of aromatic nitrogens is 1. The molecule has 0 amide bonds. The zero-order chi connectivity index (χ0) is 9.10. The molecule has 4 heteroatoms. The average Bonchev–Trinajstić information content (AvgIpc) is 2.19. The highest BCUT2D eigenvalue weighted by atomic mass is 32.2. The fraction of sp³-hybridized carbons (Fsp3) is 0.444. The zero-order valence-electron chi connectivity index (χ0n) is 7.44. The molecule has 0 unspecified atom stereocenters. The standard InChI is InChI=1S/C9H13N3S/c10-8-5-9(7-11-6-8)12-1-3-13-4-2-12/h5-7H,1-4,10H2. The summed E-state index contributed by atoms with van der Waals surface area (Å²) in [5, 5.41) is 0. The molecule has 2 rings (SSSR count). The highest BCUT2D eigenvalue weighted by Crippen LogP contribution is 2.19. The Hall–Kier alpha value is -0.900. The second-order valence-electron chi connectivity index (χ2n) is 3.08. The first kappa shape index (κ1) is 8.69. The summed E-state index contributed by atoms with van der Waals surface area (Å²) in [5.74, 6) is 2.41. The Morgan fingerprint density at radius 2 is 2.08 bits per heavy atom. The number of hydrogen-bond donors (Lipinski definition) is 1. The van der Waals surface area contributed by atoms with Gasteiger partial charge in [0.2, 0.25) is 0 Å². The molecule has 1 aromatic rings. The molecule has 1 fully saturated rings. The lowest BCUT2D eigenvalue weighted by Gasteiger charge is -2.28. The largest absolute Gasteiger partial charge is 0.397 e. The number of nitrogen functional groups attached to an aromatic ring is 1. The number of anilines is 2. The highest BCUT2D eigenvalue weighted by Gasteiger charge is 2.10. The summed E-state index contributed by atoms with van der Waals surface area (Å²) in [6.07, 6.45) is 3.56. The normalized spacial score (nSPS) is 17.4. The van der Waals surface area contributed by atoms with Gasteiger partial charge in [-0.25, -0.2) is 0 Å². The van der Waals surface area contributed by atoms with E-state index in [1.807, 2.05) is 24.0 Å². The van der Waals surface area contributed by atoms with Gasteiger partial charge in [-0.3, -0.25) is 4.98 Å². The summed E-state index contributed by atoms with van der Waals surface area (Å²) < 4.78 is 0. The van der Waals surface area contributed by atoms with Crippen LogP contribution in [0.1, 0.15) is 0 Å². The van der Waals surface area contributed by atoms with Crippen molar-refractivity contribution in [1.29, 1.82) is 0 Å². The smallest absolute Gasteiger partial charge is 0.0573 e. The van der Waals surface area contributed by atoms with E-state index in [4.69, 9.17) is 5.73 Å². The Morgan fingerprint density at radius 1 is 1.31 bits per heavy atom. The molecule has 13 heavy (non-hydrogen) atoms. The van der Waals surface area contributed by atoms with Gasteiger partial charge in [-0.2, -0.15) is 11.8 Å². The summed E-state index contributed by atoms with van der Waals surface area (Å²) in [7, 11) is 0. The molecule has 70 valence electrons. The maximum atomic E-state index is 5.67. The number of pyridine rings is 1. The van der Waals surface area contributed by atoms with Gasteiger partial charge >= 0.3 is 0 Å². The van der Waals surface area contributed by atoms with Crippen molar-refractivity contribution in [3.05, 3.63) is 18.5 Å². The van der Waals surface area contributed by atoms with Crippen molar-refractivity contribution in [2.75, 3.05) is 35.2 Å². The number of rotatable bonds is 1. The van der Waals surface area contributed by atoms with E-state index in [-0.39, 0.29) is 0 Å². The van der Waals surface area contributed by atoms with Gasteiger partial charge in [0.1, 0.15) is 0 Å². The molecule has 0 bridgehead atoms. The molecule has 0 aromatic carbocycles. The van der Waals surface area contributed by atoms with E-state index in [1.165, 1.54) is 11.5 Å². The summed E-state index contributed by atoms with van der Waals surface area (Å²) in [6, 6.07) is 1.99. The predicted molar refractivity (Wildman–Crippen MR) is 58.2 cm³/mol. The monoisotopic (exact) mass is 195 g/mol. The van der Waals surface area contributed by atoms with Crippen LogP contribution in [0, 0.1) is 0 Å². The van der Waals surface area contributed by atoms with E-state index >= 15 is 0 Å². The lowest BCUT2D eigenvalue weighted by molar-refractivity contribution is 0.855. The van der Waals surface area contributed by atoms with Crippen LogP contribution in [0.15, 0.2) is 18.5 Å². The second kappa shape index (κ2) is 3.87. The molecular weight excluding hydrogens is 182 g/mol. The Kier molecular flexibility index (Phi) is 2.59. The summed E-state index contributed by atoms with van der Waals surface area (Å²) >= 11 is 2.00. The molecular formula is C9H13N3S. The number of hydrogen-bond acceptors (Lipinski definition) is 4. The van der Waals surface area contributed by atoms with Gasteiger partial charge in [0.15, 0.2) is 0 Å².